The Labute approximate surface area is 208 Å². The molecule has 8 heteroatoms. The van der Waals surface area contributed by atoms with Gasteiger partial charge in [0.25, 0.3) is 5.91 Å². The molecule has 0 fully saturated rings. The Balaban J connectivity index is 2.04. The molecule has 0 aliphatic rings. The highest BCUT2D eigenvalue weighted by Gasteiger charge is 2.40. The molecule has 0 unspecified atom stereocenters. The van der Waals surface area contributed by atoms with Gasteiger partial charge in [0, 0.05) is 12.0 Å². The number of carbonyl (C=O) groups excluding carboxylic acids is 2. The number of amides is 2. The van der Waals surface area contributed by atoms with E-state index in [-0.39, 0.29) is 18.4 Å². The van der Waals surface area contributed by atoms with E-state index in [1.165, 1.54) is 24.3 Å². The lowest BCUT2D eigenvalue weighted by Crippen LogP contribution is -2.58. The van der Waals surface area contributed by atoms with E-state index in [0.29, 0.717) is 11.1 Å². The van der Waals surface area contributed by atoms with Crippen LogP contribution in [0.3, 0.4) is 0 Å². The fourth-order valence-corrected chi connectivity index (χ4v) is 4.31. The summed E-state index contributed by atoms with van der Waals surface area (Å²) in [6.07, 6.45) is -0.480. The van der Waals surface area contributed by atoms with E-state index in [0.717, 1.165) is 10.5 Å². The predicted octanol–water partition coefficient (Wildman–Crippen LogP) is 4.81. The quantitative estimate of drug-likeness (QED) is 0.422. The molecule has 36 heavy (non-hydrogen) atoms. The molecule has 6 nitrogen and oxygen atoms in total. The van der Waals surface area contributed by atoms with Crippen LogP contribution in [0.25, 0.3) is 11.1 Å². The van der Waals surface area contributed by atoms with Crippen LogP contribution in [0.4, 0.5) is 8.78 Å². The number of hydrogen-bond donors (Lipinski definition) is 2. The molecule has 0 saturated heterocycles. The molecule has 0 spiro atoms. The van der Waals surface area contributed by atoms with Crippen molar-refractivity contribution in [2.24, 2.45) is 5.73 Å². The van der Waals surface area contributed by atoms with Crippen molar-refractivity contribution in [3.63, 3.8) is 0 Å². The average molecular weight is 495 g/mol. The van der Waals surface area contributed by atoms with Crippen LogP contribution in [0.15, 0.2) is 72.8 Å². The minimum atomic E-state index is -1.31. The highest BCUT2D eigenvalue weighted by molar-refractivity contribution is 5.98. The molecule has 0 saturated carbocycles. The van der Waals surface area contributed by atoms with Crippen molar-refractivity contribution in [3.05, 3.63) is 95.6 Å². The summed E-state index contributed by atoms with van der Waals surface area (Å²) >= 11 is 0. The lowest BCUT2D eigenvalue weighted by molar-refractivity contribution is -0.137. The summed E-state index contributed by atoms with van der Waals surface area (Å²) in [6, 6.07) is 17.6. The summed E-state index contributed by atoms with van der Waals surface area (Å²) in [6.45, 7) is 3.34. The summed E-state index contributed by atoms with van der Waals surface area (Å²) < 4.78 is 28.7. The van der Waals surface area contributed by atoms with E-state index in [2.05, 4.69) is 0 Å². The van der Waals surface area contributed by atoms with Crippen molar-refractivity contribution in [3.8, 4) is 11.1 Å². The van der Waals surface area contributed by atoms with Crippen LogP contribution < -0.4 is 5.73 Å². The first-order chi connectivity index (χ1) is 17.0. The van der Waals surface area contributed by atoms with E-state index in [9.17, 15) is 23.9 Å². The molecule has 0 aliphatic carbocycles. The molecule has 0 aliphatic heterocycles. The molecule has 2 amide bonds. The third-order valence-electron chi connectivity index (χ3n) is 6.00. The van der Waals surface area contributed by atoms with Gasteiger partial charge in [-0.3, -0.25) is 14.4 Å². The number of halogens is 2. The Kier molecular flexibility index (Phi) is 8.19. The van der Waals surface area contributed by atoms with Crippen LogP contribution in [0.1, 0.15) is 42.6 Å². The third-order valence-corrected chi connectivity index (χ3v) is 6.00. The third kappa shape index (κ3) is 6.33. The molecular weight excluding hydrogens is 466 g/mol. The van der Waals surface area contributed by atoms with Gasteiger partial charge >= 0.3 is 5.97 Å². The van der Waals surface area contributed by atoms with Gasteiger partial charge in [-0.25, -0.2) is 8.78 Å². The lowest BCUT2D eigenvalue weighted by Gasteiger charge is -2.43. The number of carboxylic acid groups (broad SMARTS) is 1. The molecule has 3 aromatic rings. The Morgan fingerprint density at radius 2 is 1.58 bits per heavy atom. The number of benzene rings is 3. The summed E-state index contributed by atoms with van der Waals surface area (Å²) in [7, 11) is 0. The van der Waals surface area contributed by atoms with Crippen LogP contribution in [0, 0.1) is 11.6 Å². The highest BCUT2D eigenvalue weighted by Crippen LogP contribution is 2.30. The zero-order valence-corrected chi connectivity index (χ0v) is 20.1. The van der Waals surface area contributed by atoms with Gasteiger partial charge in [-0.2, -0.15) is 0 Å². The molecule has 3 N–H and O–H groups in total. The number of hydrogen-bond acceptors (Lipinski definition) is 3. The lowest BCUT2D eigenvalue weighted by atomic mass is 9.89. The van der Waals surface area contributed by atoms with Gasteiger partial charge in [-0.15, -0.1) is 0 Å². The van der Waals surface area contributed by atoms with Gasteiger partial charge in [0.05, 0.1) is 5.56 Å². The minimum Gasteiger partial charge on any atom is -0.481 e. The van der Waals surface area contributed by atoms with Crippen molar-refractivity contribution in [1.82, 2.24) is 4.90 Å². The van der Waals surface area contributed by atoms with Crippen LogP contribution in [0.2, 0.25) is 0 Å². The molecule has 3 aromatic carbocycles. The highest BCUT2D eigenvalue weighted by atomic mass is 19.1. The number of carboxylic acids is 1. The molecule has 1 atom stereocenters. The molecule has 3 rings (SSSR count). The van der Waals surface area contributed by atoms with E-state index in [4.69, 9.17) is 5.73 Å². The maximum absolute atomic E-state index is 15.3. The minimum absolute atomic E-state index is 0.180. The second-order valence-electron chi connectivity index (χ2n) is 9.20. The number of nitrogens with two attached hydrogens (primary N) is 1. The van der Waals surface area contributed by atoms with Crippen LogP contribution in [0.5, 0.6) is 0 Å². The summed E-state index contributed by atoms with van der Waals surface area (Å²) in [5, 5.41) is 9.18. The summed E-state index contributed by atoms with van der Waals surface area (Å²) in [4.78, 5) is 38.6. The molecule has 0 aromatic heterocycles. The maximum atomic E-state index is 15.3. The Hall–Kier alpha value is -4.07. The molecular formula is C28H28F2N2O4. The smallest absolute Gasteiger partial charge is 0.303 e. The van der Waals surface area contributed by atoms with Crippen LogP contribution in [-0.4, -0.2) is 39.4 Å². The first-order valence-electron chi connectivity index (χ1n) is 11.4. The summed E-state index contributed by atoms with van der Waals surface area (Å²) in [5.74, 6) is -4.08. The Bertz CT molecular complexity index is 1240. The predicted molar refractivity (Wildman–Crippen MR) is 132 cm³/mol. The maximum Gasteiger partial charge on any atom is 0.303 e. The normalized spacial score (nSPS) is 12.1. The van der Waals surface area contributed by atoms with E-state index in [1.54, 1.807) is 32.0 Å². The topological polar surface area (TPSA) is 101 Å². The zero-order valence-electron chi connectivity index (χ0n) is 20.1. The van der Waals surface area contributed by atoms with Crippen molar-refractivity contribution in [1.29, 1.82) is 0 Å². The Morgan fingerprint density at radius 1 is 0.944 bits per heavy atom. The Morgan fingerprint density at radius 3 is 2.14 bits per heavy atom. The van der Waals surface area contributed by atoms with Gasteiger partial charge in [0.15, 0.2) is 0 Å². The van der Waals surface area contributed by atoms with Crippen molar-refractivity contribution in [2.75, 3.05) is 0 Å². The monoisotopic (exact) mass is 494 g/mol. The molecule has 0 bridgehead atoms. The fourth-order valence-electron chi connectivity index (χ4n) is 4.31. The SMILES string of the molecule is CC(C)(Cc1ccc(F)cc1)N(C(=O)c1ccc(-c2ccccc2)cc1F)[C@@H](CCC(=O)O)C(N)=O. The van der Waals surface area contributed by atoms with E-state index < -0.39 is 47.4 Å². The first kappa shape index (κ1) is 26.5. The number of aliphatic carboxylic acids is 1. The van der Waals surface area contributed by atoms with E-state index >= 15 is 4.39 Å². The molecule has 0 radical (unpaired) electrons. The van der Waals surface area contributed by atoms with Crippen LogP contribution >= 0.6 is 0 Å². The molecule has 188 valence electrons. The number of nitrogens with zero attached hydrogens (tertiary/aromatic N) is 1. The fraction of sp³-hybridized carbons (Fsp3) is 0.250. The van der Waals surface area contributed by atoms with Gasteiger partial charge < -0.3 is 15.7 Å². The zero-order chi connectivity index (χ0) is 26.5. The average Bonchev–Trinajstić information content (AvgIpc) is 2.82. The van der Waals surface area contributed by atoms with Gasteiger partial charge in [-0.05, 0) is 67.6 Å². The van der Waals surface area contributed by atoms with Crippen molar-refractivity contribution >= 4 is 17.8 Å². The summed E-state index contributed by atoms with van der Waals surface area (Å²) in [5.41, 5.74) is 6.23. The number of carbonyl (C=O) groups is 3. The number of rotatable bonds is 10. The molecule has 0 heterocycles. The van der Waals surface area contributed by atoms with Crippen molar-refractivity contribution in [2.45, 2.75) is 44.7 Å². The van der Waals surface area contributed by atoms with Gasteiger partial charge in [0.2, 0.25) is 5.91 Å². The second kappa shape index (κ2) is 11.1. The van der Waals surface area contributed by atoms with Crippen LogP contribution in [-0.2, 0) is 16.0 Å². The van der Waals surface area contributed by atoms with Gasteiger partial charge in [0.1, 0.15) is 17.7 Å². The largest absolute Gasteiger partial charge is 0.481 e. The van der Waals surface area contributed by atoms with Crippen molar-refractivity contribution < 1.29 is 28.3 Å². The van der Waals surface area contributed by atoms with E-state index in [1.807, 2.05) is 30.3 Å². The second-order valence-corrected chi connectivity index (χ2v) is 9.20. The van der Waals surface area contributed by atoms with Gasteiger partial charge in [-0.1, -0.05) is 48.5 Å². The first-order valence-corrected chi connectivity index (χ1v) is 11.4. The standard InChI is InChI=1S/C28H28F2N2O4/c1-28(2,17-18-8-11-21(29)12-9-18)32(24(26(31)35)14-15-25(33)34)27(36)22-13-10-20(16-23(22)30)19-6-4-3-5-7-19/h3-13,16,24H,14-15,17H2,1-2H3,(H2,31,35)(H,33,34)/t24-/m0/s1. The number of primary amides is 1.